The number of aliphatic hydroxyl groups excluding tert-OH is 1. The number of fused-ring (bicyclic) bond motifs is 1. The van der Waals surface area contributed by atoms with Crippen LogP contribution >= 0.6 is 0 Å². The first-order valence-corrected chi connectivity index (χ1v) is 6.48. The van der Waals surface area contributed by atoms with Gasteiger partial charge in [0.2, 0.25) is 11.5 Å². The van der Waals surface area contributed by atoms with E-state index in [1.165, 1.54) is 13.2 Å². The van der Waals surface area contributed by atoms with Crippen LogP contribution in [-0.2, 0) is 4.74 Å². The third kappa shape index (κ3) is 2.00. The summed E-state index contributed by atoms with van der Waals surface area (Å²) < 4.78 is 10.7. The minimum absolute atomic E-state index is 0.0740. The van der Waals surface area contributed by atoms with Crippen LogP contribution in [-0.4, -0.2) is 44.5 Å². The van der Waals surface area contributed by atoms with Gasteiger partial charge in [0.25, 0.3) is 5.56 Å². The Morgan fingerprint density at radius 3 is 3.00 bits per heavy atom. The molecule has 2 aromatic rings. The van der Waals surface area contributed by atoms with Gasteiger partial charge in [0.15, 0.2) is 0 Å². The van der Waals surface area contributed by atoms with Crippen LogP contribution in [0.3, 0.4) is 0 Å². The topological polar surface area (TPSA) is 164 Å². The second-order valence-electron chi connectivity index (χ2n) is 5.36. The quantitative estimate of drug-likeness (QED) is 0.546. The van der Waals surface area contributed by atoms with Crippen molar-refractivity contribution in [3.63, 3.8) is 0 Å². The summed E-state index contributed by atoms with van der Waals surface area (Å²) in [6.07, 6.45) is -2.15. The molecule has 2 aromatic heterocycles. The molecule has 0 unspecified atom stereocenters. The fraction of sp³-hybridized carbons (Fsp3) is 0.500. The number of nitrogens with two attached hydrogens (primary N) is 1. The van der Waals surface area contributed by atoms with Gasteiger partial charge < -0.3 is 25.1 Å². The van der Waals surface area contributed by atoms with Gasteiger partial charge in [-0.05, 0) is 6.92 Å². The van der Waals surface area contributed by atoms with Crippen LogP contribution in [0.15, 0.2) is 20.7 Å². The van der Waals surface area contributed by atoms with Crippen LogP contribution in [0, 0.1) is 4.91 Å². The summed E-state index contributed by atoms with van der Waals surface area (Å²) in [7, 11) is 0. The number of aromatic amines is 1. The third-order valence-electron chi connectivity index (χ3n) is 3.80. The Balaban J connectivity index is 2.11. The lowest BCUT2D eigenvalue weighted by Gasteiger charge is -2.25. The van der Waals surface area contributed by atoms with Gasteiger partial charge in [0, 0.05) is 5.56 Å². The van der Waals surface area contributed by atoms with Crippen LogP contribution in [0.4, 0.5) is 5.95 Å². The standard InChI is InChI=1S/C12H14N4O6/c1-12(19)8(17)5(2-14-20)22-9(12)4-3-21-7-6(4)15-11(13)16-10(7)18/h3,5,8-9,17,19H,2H2,1H3,(H3,13,15,16,18)/t5-,8-,9+,12-/m1/s1. The van der Waals surface area contributed by atoms with Crippen molar-refractivity contribution in [3.8, 4) is 0 Å². The smallest absolute Gasteiger partial charge is 0.295 e. The Hall–Kier alpha value is -2.30. The van der Waals surface area contributed by atoms with E-state index in [9.17, 15) is 19.9 Å². The van der Waals surface area contributed by atoms with Crippen LogP contribution in [0.5, 0.6) is 0 Å². The predicted octanol–water partition coefficient (Wildman–Crippen LogP) is -0.584. The number of nitrogens with one attached hydrogen (secondary N) is 1. The molecular formula is C12H14N4O6. The number of H-pyrrole nitrogens is 1. The Bertz CT molecular complexity index is 782. The minimum atomic E-state index is -1.72. The molecule has 1 saturated heterocycles. The second kappa shape index (κ2) is 4.87. The molecule has 0 amide bonds. The van der Waals surface area contributed by atoms with Crippen molar-refractivity contribution in [1.29, 1.82) is 0 Å². The van der Waals surface area contributed by atoms with Crippen molar-refractivity contribution >= 4 is 17.0 Å². The van der Waals surface area contributed by atoms with Gasteiger partial charge in [0.05, 0.1) is 6.26 Å². The molecule has 3 heterocycles. The van der Waals surface area contributed by atoms with E-state index < -0.39 is 29.5 Å². The molecule has 0 saturated carbocycles. The van der Waals surface area contributed by atoms with Crippen molar-refractivity contribution in [2.24, 2.45) is 5.18 Å². The van der Waals surface area contributed by atoms with E-state index in [0.29, 0.717) is 0 Å². The highest BCUT2D eigenvalue weighted by atomic mass is 16.5. The minimum Gasteiger partial charge on any atom is -0.456 e. The predicted molar refractivity (Wildman–Crippen MR) is 73.9 cm³/mol. The van der Waals surface area contributed by atoms with Crippen LogP contribution in [0.25, 0.3) is 11.1 Å². The molecule has 0 aliphatic carbocycles. The number of nitrogens with zero attached hydrogens (tertiary/aromatic N) is 2. The van der Waals surface area contributed by atoms with Crippen molar-refractivity contribution in [1.82, 2.24) is 9.97 Å². The van der Waals surface area contributed by atoms with E-state index in [1.807, 2.05) is 0 Å². The molecule has 0 spiro atoms. The number of nitrogen functional groups attached to an aromatic ring is 1. The SMILES string of the molecule is C[C@@]1(O)[C@H](O)[C@@H](CN=O)O[C@H]1c1coc2c(=O)[nH]c(N)nc12. The number of aliphatic hydroxyl groups is 2. The van der Waals surface area contributed by atoms with E-state index >= 15 is 0 Å². The van der Waals surface area contributed by atoms with Crippen LogP contribution in [0.2, 0.25) is 0 Å². The van der Waals surface area contributed by atoms with Gasteiger partial charge in [-0.25, -0.2) is 4.98 Å². The lowest BCUT2D eigenvalue weighted by Crippen LogP contribution is -2.42. The fourth-order valence-corrected chi connectivity index (χ4v) is 2.67. The number of furan rings is 1. The second-order valence-corrected chi connectivity index (χ2v) is 5.36. The molecule has 0 aromatic carbocycles. The van der Waals surface area contributed by atoms with Gasteiger partial charge in [-0.15, -0.1) is 0 Å². The van der Waals surface area contributed by atoms with Gasteiger partial charge in [0.1, 0.15) is 36.0 Å². The summed E-state index contributed by atoms with van der Waals surface area (Å²) in [5.41, 5.74) is 3.52. The van der Waals surface area contributed by atoms with E-state index in [0.717, 1.165) is 0 Å². The molecule has 118 valence electrons. The third-order valence-corrected chi connectivity index (χ3v) is 3.80. The zero-order valence-corrected chi connectivity index (χ0v) is 11.5. The van der Waals surface area contributed by atoms with E-state index in [-0.39, 0.29) is 29.2 Å². The number of nitroso groups, excluding NO2 is 1. The summed E-state index contributed by atoms with van der Waals surface area (Å²) in [6.45, 7) is 1.03. The maximum Gasteiger partial charge on any atom is 0.295 e. The molecule has 0 bridgehead atoms. The molecule has 10 nitrogen and oxygen atoms in total. The monoisotopic (exact) mass is 310 g/mol. The molecule has 1 aliphatic heterocycles. The lowest BCUT2D eigenvalue weighted by molar-refractivity contribution is -0.0643. The van der Waals surface area contributed by atoms with E-state index in [4.69, 9.17) is 14.9 Å². The van der Waals surface area contributed by atoms with Crippen molar-refractivity contribution in [2.45, 2.75) is 30.8 Å². The molecule has 5 N–H and O–H groups in total. The highest BCUT2D eigenvalue weighted by Gasteiger charge is 2.53. The number of aromatic nitrogens is 2. The van der Waals surface area contributed by atoms with Gasteiger partial charge in [-0.3, -0.25) is 9.78 Å². The number of rotatable bonds is 3. The summed E-state index contributed by atoms with van der Waals surface area (Å²) in [5.74, 6) is -0.121. The van der Waals surface area contributed by atoms with Gasteiger partial charge in [-0.2, -0.15) is 4.91 Å². The average molecular weight is 310 g/mol. The zero-order chi connectivity index (χ0) is 16.1. The number of hydrogen-bond donors (Lipinski definition) is 4. The fourth-order valence-electron chi connectivity index (χ4n) is 2.67. The maximum atomic E-state index is 11.7. The molecule has 1 fully saturated rings. The van der Waals surface area contributed by atoms with E-state index in [2.05, 4.69) is 15.1 Å². The number of hydrogen-bond acceptors (Lipinski definition) is 9. The first kappa shape index (κ1) is 14.6. The average Bonchev–Trinajstić information content (AvgIpc) is 2.94. The van der Waals surface area contributed by atoms with Crippen molar-refractivity contribution < 1.29 is 19.4 Å². The molecule has 10 heteroatoms. The molecule has 1 aliphatic rings. The van der Waals surface area contributed by atoms with Crippen molar-refractivity contribution in [2.75, 3.05) is 12.3 Å². The molecule has 22 heavy (non-hydrogen) atoms. The number of ether oxygens (including phenoxy) is 1. The van der Waals surface area contributed by atoms with E-state index in [1.54, 1.807) is 0 Å². The molecule has 0 radical (unpaired) electrons. The maximum absolute atomic E-state index is 11.7. The zero-order valence-electron chi connectivity index (χ0n) is 11.5. The van der Waals surface area contributed by atoms with Crippen LogP contribution in [0.1, 0.15) is 18.6 Å². The van der Waals surface area contributed by atoms with Crippen LogP contribution < -0.4 is 11.3 Å². The van der Waals surface area contributed by atoms with Gasteiger partial charge in [-0.1, -0.05) is 5.18 Å². The summed E-state index contributed by atoms with van der Waals surface area (Å²) in [5, 5.41) is 23.2. The summed E-state index contributed by atoms with van der Waals surface area (Å²) >= 11 is 0. The first-order valence-electron chi connectivity index (χ1n) is 6.48. The Kier molecular flexibility index (Phi) is 3.24. The molecule has 3 rings (SSSR count). The first-order chi connectivity index (χ1) is 10.4. The summed E-state index contributed by atoms with van der Waals surface area (Å²) in [6, 6.07) is 0. The lowest BCUT2D eigenvalue weighted by atomic mass is 9.89. The number of anilines is 1. The molecular weight excluding hydrogens is 296 g/mol. The highest BCUT2D eigenvalue weighted by Crippen LogP contribution is 2.43. The van der Waals surface area contributed by atoms with Crippen molar-refractivity contribution in [3.05, 3.63) is 27.1 Å². The molecule has 4 atom stereocenters. The highest BCUT2D eigenvalue weighted by molar-refractivity contribution is 5.77. The Labute approximate surface area is 122 Å². The Morgan fingerprint density at radius 2 is 2.32 bits per heavy atom. The Morgan fingerprint density at radius 1 is 1.59 bits per heavy atom. The summed E-state index contributed by atoms with van der Waals surface area (Å²) in [4.78, 5) is 28.4. The largest absolute Gasteiger partial charge is 0.456 e. The van der Waals surface area contributed by atoms with Gasteiger partial charge >= 0.3 is 0 Å². The normalized spacial score (nSPS) is 31.7.